The van der Waals surface area contributed by atoms with Crippen LogP contribution in [0.5, 0.6) is 0 Å². The third-order valence-electron chi connectivity index (χ3n) is 5.09. The number of ether oxygens (including phenoxy) is 1. The van der Waals surface area contributed by atoms with Gasteiger partial charge >= 0.3 is 5.97 Å². The number of sulfonamides is 1. The lowest BCUT2D eigenvalue weighted by Gasteiger charge is -2.14. The first kappa shape index (κ1) is 25.3. The van der Waals surface area contributed by atoms with E-state index in [-0.39, 0.29) is 22.1 Å². The van der Waals surface area contributed by atoms with Gasteiger partial charge in [-0.05, 0) is 81.3 Å². The molecule has 0 bridgehead atoms. The van der Waals surface area contributed by atoms with Crippen LogP contribution in [0, 0.1) is 20.8 Å². The van der Waals surface area contributed by atoms with E-state index in [1.165, 1.54) is 18.2 Å². The van der Waals surface area contributed by atoms with Crippen LogP contribution in [-0.4, -0.2) is 26.9 Å². The molecule has 9 heteroatoms. The maximum absolute atomic E-state index is 13.0. The maximum atomic E-state index is 13.0. The first-order chi connectivity index (χ1) is 16.0. The second-order valence-electron chi connectivity index (χ2n) is 7.77. The zero-order chi connectivity index (χ0) is 25.0. The van der Waals surface area contributed by atoms with Gasteiger partial charge in [0.05, 0.1) is 22.9 Å². The van der Waals surface area contributed by atoms with Crippen LogP contribution < -0.4 is 10.0 Å². The summed E-state index contributed by atoms with van der Waals surface area (Å²) in [6.07, 6.45) is 0. The molecule has 0 unspecified atom stereocenters. The number of rotatable bonds is 7. The molecule has 0 heterocycles. The molecule has 0 aliphatic heterocycles. The second kappa shape index (κ2) is 10.3. The van der Waals surface area contributed by atoms with E-state index in [0.29, 0.717) is 22.5 Å². The van der Waals surface area contributed by atoms with Gasteiger partial charge in [-0.1, -0.05) is 29.3 Å². The van der Waals surface area contributed by atoms with Crippen LogP contribution >= 0.6 is 11.6 Å². The Morgan fingerprint density at radius 1 is 0.882 bits per heavy atom. The Morgan fingerprint density at radius 3 is 2.18 bits per heavy atom. The SMILES string of the molecule is CCOC(=O)c1ccc(NC(=O)c2ccc(Cl)c(S(=O)(=O)Nc3ccc(C)cc3C)c2)c(C)c1. The number of anilines is 2. The summed E-state index contributed by atoms with van der Waals surface area (Å²) in [5.41, 5.74) is 3.80. The molecule has 178 valence electrons. The lowest BCUT2D eigenvalue weighted by Crippen LogP contribution is -2.17. The lowest BCUT2D eigenvalue weighted by atomic mass is 10.1. The molecule has 0 atom stereocenters. The van der Waals surface area contributed by atoms with Crippen molar-refractivity contribution in [3.63, 3.8) is 0 Å². The maximum Gasteiger partial charge on any atom is 0.338 e. The minimum Gasteiger partial charge on any atom is -0.462 e. The van der Waals surface area contributed by atoms with Crippen LogP contribution in [0.4, 0.5) is 11.4 Å². The molecule has 7 nitrogen and oxygen atoms in total. The minimum atomic E-state index is -4.05. The van der Waals surface area contributed by atoms with Gasteiger partial charge in [0.2, 0.25) is 0 Å². The number of halogens is 1. The summed E-state index contributed by atoms with van der Waals surface area (Å²) in [6.45, 7) is 7.43. The number of hydrogen-bond donors (Lipinski definition) is 2. The third-order valence-corrected chi connectivity index (χ3v) is 6.94. The fourth-order valence-electron chi connectivity index (χ4n) is 3.32. The molecule has 0 saturated carbocycles. The molecule has 34 heavy (non-hydrogen) atoms. The molecule has 0 aromatic heterocycles. The van der Waals surface area contributed by atoms with Crippen molar-refractivity contribution in [1.82, 2.24) is 0 Å². The molecule has 0 aliphatic carbocycles. The van der Waals surface area contributed by atoms with Gasteiger partial charge in [0.1, 0.15) is 4.90 Å². The molecule has 2 N–H and O–H groups in total. The first-order valence-corrected chi connectivity index (χ1v) is 12.4. The van der Waals surface area contributed by atoms with Crippen LogP contribution in [0.15, 0.2) is 59.5 Å². The second-order valence-corrected chi connectivity index (χ2v) is 9.83. The summed E-state index contributed by atoms with van der Waals surface area (Å²) < 4.78 is 33.6. The molecular formula is C25H25ClN2O5S. The molecule has 0 spiro atoms. The van der Waals surface area contributed by atoms with Crippen molar-refractivity contribution < 1.29 is 22.7 Å². The molecule has 3 rings (SSSR count). The fourth-order valence-corrected chi connectivity index (χ4v) is 4.98. The number of hydrogen-bond acceptors (Lipinski definition) is 5. The number of carbonyl (C=O) groups excluding carboxylic acids is 2. The van der Waals surface area contributed by atoms with Gasteiger partial charge in [-0.3, -0.25) is 9.52 Å². The van der Waals surface area contributed by atoms with Crippen LogP contribution in [0.1, 0.15) is 44.3 Å². The van der Waals surface area contributed by atoms with E-state index in [9.17, 15) is 18.0 Å². The van der Waals surface area contributed by atoms with Crippen molar-refractivity contribution in [3.8, 4) is 0 Å². The first-order valence-electron chi connectivity index (χ1n) is 10.5. The number of esters is 1. The average Bonchev–Trinajstić information content (AvgIpc) is 2.77. The van der Waals surface area contributed by atoms with Crippen molar-refractivity contribution in [2.24, 2.45) is 0 Å². The van der Waals surface area contributed by atoms with Gasteiger partial charge < -0.3 is 10.1 Å². The standard InChI is InChI=1S/C25H25ClN2O5S/c1-5-33-25(30)19-8-11-21(17(4)13-19)27-24(29)18-7-9-20(26)23(14-18)34(31,32)28-22-10-6-15(2)12-16(22)3/h6-14,28H,5H2,1-4H3,(H,27,29). The summed E-state index contributed by atoms with van der Waals surface area (Å²) in [4.78, 5) is 24.6. The van der Waals surface area contributed by atoms with Crippen LogP contribution in [0.25, 0.3) is 0 Å². The minimum absolute atomic E-state index is 0.0104. The third kappa shape index (κ3) is 5.76. The smallest absolute Gasteiger partial charge is 0.338 e. The predicted molar refractivity (Wildman–Crippen MR) is 133 cm³/mol. The Morgan fingerprint density at radius 2 is 1.53 bits per heavy atom. The fraction of sp³-hybridized carbons (Fsp3) is 0.200. The van der Waals surface area contributed by atoms with Crippen molar-refractivity contribution in [1.29, 1.82) is 0 Å². The van der Waals surface area contributed by atoms with E-state index >= 15 is 0 Å². The van der Waals surface area contributed by atoms with E-state index in [1.807, 2.05) is 13.0 Å². The highest BCUT2D eigenvalue weighted by atomic mass is 35.5. The molecule has 3 aromatic carbocycles. The van der Waals surface area contributed by atoms with Gasteiger partial charge in [0.15, 0.2) is 0 Å². The molecule has 0 aliphatic rings. The lowest BCUT2D eigenvalue weighted by molar-refractivity contribution is 0.0526. The Kier molecular flexibility index (Phi) is 7.64. The molecule has 0 fully saturated rings. The number of aryl methyl sites for hydroxylation is 3. The topological polar surface area (TPSA) is 102 Å². The Labute approximate surface area is 204 Å². The van der Waals surface area contributed by atoms with E-state index in [4.69, 9.17) is 16.3 Å². The molecule has 0 saturated heterocycles. The van der Waals surface area contributed by atoms with Crippen LogP contribution in [-0.2, 0) is 14.8 Å². The highest BCUT2D eigenvalue weighted by Gasteiger charge is 2.21. The number of amides is 1. The predicted octanol–water partition coefficient (Wildman–Crippen LogP) is 5.50. The Balaban J connectivity index is 1.85. The Bertz CT molecular complexity index is 1370. The van der Waals surface area contributed by atoms with E-state index in [1.54, 1.807) is 51.1 Å². The van der Waals surface area contributed by atoms with E-state index < -0.39 is 21.9 Å². The number of carbonyl (C=O) groups is 2. The van der Waals surface area contributed by atoms with Gasteiger partial charge in [-0.25, -0.2) is 13.2 Å². The summed E-state index contributed by atoms with van der Waals surface area (Å²) in [5, 5.41) is 2.73. The average molecular weight is 501 g/mol. The van der Waals surface area contributed by atoms with Gasteiger partial charge in [0, 0.05) is 11.3 Å². The van der Waals surface area contributed by atoms with Crippen molar-refractivity contribution in [2.75, 3.05) is 16.6 Å². The summed E-state index contributed by atoms with van der Waals surface area (Å²) in [5.74, 6) is -0.973. The highest BCUT2D eigenvalue weighted by molar-refractivity contribution is 7.92. The van der Waals surface area contributed by atoms with Crippen LogP contribution in [0.3, 0.4) is 0 Å². The van der Waals surface area contributed by atoms with Gasteiger partial charge in [-0.15, -0.1) is 0 Å². The normalized spacial score (nSPS) is 11.1. The summed E-state index contributed by atoms with van der Waals surface area (Å²) in [6, 6.07) is 14.1. The molecule has 1 amide bonds. The monoisotopic (exact) mass is 500 g/mol. The Hall–Kier alpha value is -3.36. The number of nitrogens with one attached hydrogen (secondary N) is 2. The van der Waals surface area contributed by atoms with Gasteiger partial charge in [-0.2, -0.15) is 0 Å². The van der Waals surface area contributed by atoms with Crippen LogP contribution in [0.2, 0.25) is 5.02 Å². The highest BCUT2D eigenvalue weighted by Crippen LogP contribution is 2.27. The van der Waals surface area contributed by atoms with Crippen molar-refractivity contribution >= 4 is 44.9 Å². The molecule has 0 radical (unpaired) electrons. The number of benzene rings is 3. The molecular weight excluding hydrogens is 476 g/mol. The van der Waals surface area contributed by atoms with Crippen molar-refractivity contribution in [3.05, 3.63) is 87.4 Å². The van der Waals surface area contributed by atoms with E-state index in [2.05, 4.69) is 10.0 Å². The summed E-state index contributed by atoms with van der Waals surface area (Å²) >= 11 is 6.18. The zero-order valence-corrected chi connectivity index (χ0v) is 20.8. The van der Waals surface area contributed by atoms with E-state index in [0.717, 1.165) is 11.1 Å². The van der Waals surface area contributed by atoms with Crippen molar-refractivity contribution in [2.45, 2.75) is 32.6 Å². The molecule has 3 aromatic rings. The van der Waals surface area contributed by atoms with Gasteiger partial charge in [0.25, 0.3) is 15.9 Å². The largest absolute Gasteiger partial charge is 0.462 e. The zero-order valence-electron chi connectivity index (χ0n) is 19.2. The summed E-state index contributed by atoms with van der Waals surface area (Å²) in [7, 11) is -4.05. The quantitative estimate of drug-likeness (QED) is 0.417.